The molecule has 5 heteroatoms. The number of rotatable bonds is 4. The van der Waals surface area contributed by atoms with Gasteiger partial charge >= 0.3 is 0 Å². The van der Waals surface area contributed by atoms with E-state index in [2.05, 4.69) is 32.0 Å². The van der Waals surface area contributed by atoms with Gasteiger partial charge in [-0.1, -0.05) is 6.08 Å². The molecule has 130 valence electrons. The number of amides is 1. The Labute approximate surface area is 148 Å². The van der Waals surface area contributed by atoms with Gasteiger partial charge in [-0.15, -0.1) is 0 Å². The van der Waals surface area contributed by atoms with Crippen LogP contribution in [0.5, 0.6) is 0 Å². The third-order valence-electron chi connectivity index (χ3n) is 4.99. The summed E-state index contributed by atoms with van der Waals surface area (Å²) in [6, 6.07) is 3.94. The molecule has 5 nitrogen and oxygen atoms in total. The second-order valence-electron chi connectivity index (χ2n) is 6.93. The van der Waals surface area contributed by atoms with Crippen molar-refractivity contribution in [1.29, 1.82) is 0 Å². The van der Waals surface area contributed by atoms with Crippen molar-refractivity contribution in [2.45, 2.75) is 57.9 Å². The maximum atomic E-state index is 12.3. The molecule has 2 aromatic rings. The van der Waals surface area contributed by atoms with Crippen LogP contribution in [0.1, 0.15) is 55.6 Å². The fourth-order valence-electron chi connectivity index (χ4n) is 3.67. The number of aromatic nitrogens is 3. The first-order valence-electron chi connectivity index (χ1n) is 9.28. The van der Waals surface area contributed by atoms with E-state index in [-0.39, 0.29) is 5.91 Å². The van der Waals surface area contributed by atoms with Crippen LogP contribution in [-0.2, 0) is 24.2 Å². The first-order valence-corrected chi connectivity index (χ1v) is 9.28. The lowest BCUT2D eigenvalue weighted by molar-refractivity contribution is -0.115. The Balaban J connectivity index is 1.37. The van der Waals surface area contributed by atoms with Crippen LogP contribution in [0.3, 0.4) is 0 Å². The van der Waals surface area contributed by atoms with Crippen molar-refractivity contribution in [2.24, 2.45) is 0 Å². The van der Waals surface area contributed by atoms with Crippen LogP contribution in [-0.4, -0.2) is 20.4 Å². The number of hydrogen-bond acceptors (Lipinski definition) is 3. The molecule has 0 spiro atoms. The quantitative estimate of drug-likeness (QED) is 0.925. The van der Waals surface area contributed by atoms with Crippen LogP contribution < -0.4 is 5.32 Å². The van der Waals surface area contributed by atoms with Crippen LogP contribution in [0.4, 0.5) is 5.82 Å². The van der Waals surface area contributed by atoms with Crippen molar-refractivity contribution >= 4 is 17.3 Å². The van der Waals surface area contributed by atoms with Crippen molar-refractivity contribution in [1.82, 2.24) is 14.5 Å². The molecule has 0 bridgehead atoms. The summed E-state index contributed by atoms with van der Waals surface area (Å²) < 4.78 is 2.18. The molecule has 0 saturated carbocycles. The lowest BCUT2D eigenvalue weighted by Crippen LogP contribution is -2.15. The fourth-order valence-corrected chi connectivity index (χ4v) is 3.67. The molecule has 0 unspecified atom stereocenters. The number of fused-ring (bicyclic) bond motifs is 1. The van der Waals surface area contributed by atoms with Crippen molar-refractivity contribution in [3.63, 3.8) is 0 Å². The first kappa shape index (κ1) is 16.1. The largest absolute Gasteiger partial charge is 0.335 e. The highest BCUT2D eigenvalue weighted by Gasteiger charge is 2.14. The second-order valence-corrected chi connectivity index (χ2v) is 6.93. The molecular formula is C20H24N4O. The molecular weight excluding hydrogens is 312 g/mol. The SMILES string of the molecule is O=C(Cc1cn2c(n1)CCCC2)Nc1ccc(C2=CCCCC2)cn1. The zero-order valence-electron chi connectivity index (χ0n) is 14.5. The van der Waals surface area contributed by atoms with E-state index in [4.69, 9.17) is 0 Å². The number of nitrogens with zero attached hydrogens (tertiary/aromatic N) is 3. The van der Waals surface area contributed by atoms with Gasteiger partial charge in [0.2, 0.25) is 5.91 Å². The molecule has 1 aliphatic heterocycles. The number of aryl methyl sites for hydroxylation is 2. The van der Waals surface area contributed by atoms with Crippen molar-refractivity contribution < 1.29 is 4.79 Å². The van der Waals surface area contributed by atoms with E-state index in [0.29, 0.717) is 12.2 Å². The fraction of sp³-hybridized carbons (Fsp3) is 0.450. The molecule has 0 aromatic carbocycles. The molecule has 25 heavy (non-hydrogen) atoms. The molecule has 1 amide bonds. The van der Waals surface area contributed by atoms with Crippen molar-refractivity contribution in [2.75, 3.05) is 5.32 Å². The van der Waals surface area contributed by atoms with Gasteiger partial charge in [0.1, 0.15) is 11.6 Å². The van der Waals surface area contributed by atoms with Gasteiger partial charge in [0.25, 0.3) is 0 Å². The van der Waals surface area contributed by atoms with Crippen LogP contribution in [0.25, 0.3) is 5.57 Å². The van der Waals surface area contributed by atoms with E-state index >= 15 is 0 Å². The van der Waals surface area contributed by atoms with E-state index in [1.165, 1.54) is 36.8 Å². The molecule has 0 fully saturated rings. The lowest BCUT2D eigenvalue weighted by atomic mass is 9.95. The number of hydrogen-bond donors (Lipinski definition) is 1. The highest BCUT2D eigenvalue weighted by atomic mass is 16.1. The minimum atomic E-state index is -0.0624. The molecule has 2 aliphatic rings. The van der Waals surface area contributed by atoms with E-state index in [0.717, 1.165) is 37.3 Å². The zero-order valence-corrected chi connectivity index (χ0v) is 14.5. The Morgan fingerprint density at radius 3 is 2.84 bits per heavy atom. The Hall–Kier alpha value is -2.43. The summed E-state index contributed by atoms with van der Waals surface area (Å²) in [4.78, 5) is 21.3. The Kier molecular flexibility index (Phi) is 4.63. The van der Waals surface area contributed by atoms with Gasteiger partial charge < -0.3 is 9.88 Å². The van der Waals surface area contributed by atoms with Gasteiger partial charge in [-0.05, 0) is 61.8 Å². The van der Waals surface area contributed by atoms with E-state index < -0.39 is 0 Å². The maximum absolute atomic E-state index is 12.3. The smallest absolute Gasteiger partial charge is 0.231 e. The summed E-state index contributed by atoms with van der Waals surface area (Å²) in [6.45, 7) is 1.02. The number of carbonyl (C=O) groups excluding carboxylic acids is 1. The predicted octanol–water partition coefficient (Wildman–Crippen LogP) is 3.75. The number of pyridine rings is 1. The molecule has 0 radical (unpaired) electrons. The predicted molar refractivity (Wildman–Crippen MR) is 98.2 cm³/mol. The topological polar surface area (TPSA) is 59.8 Å². The average molecular weight is 336 g/mol. The Bertz CT molecular complexity index is 765. The highest BCUT2D eigenvalue weighted by molar-refractivity contribution is 5.91. The third-order valence-corrected chi connectivity index (χ3v) is 4.99. The minimum Gasteiger partial charge on any atom is -0.335 e. The summed E-state index contributed by atoms with van der Waals surface area (Å²) in [5.41, 5.74) is 3.39. The highest BCUT2D eigenvalue weighted by Crippen LogP contribution is 2.26. The zero-order chi connectivity index (χ0) is 17.1. The number of allylic oxidation sites excluding steroid dienone is 2. The Morgan fingerprint density at radius 1 is 1.16 bits per heavy atom. The van der Waals surface area contributed by atoms with E-state index in [9.17, 15) is 4.79 Å². The average Bonchev–Trinajstić information content (AvgIpc) is 3.05. The summed E-state index contributed by atoms with van der Waals surface area (Å²) in [5.74, 6) is 1.65. The van der Waals surface area contributed by atoms with Crippen LogP contribution in [0.15, 0.2) is 30.6 Å². The summed E-state index contributed by atoms with van der Waals surface area (Å²) >= 11 is 0. The van der Waals surface area contributed by atoms with Crippen LogP contribution in [0.2, 0.25) is 0 Å². The van der Waals surface area contributed by atoms with E-state index in [1.54, 1.807) is 0 Å². The first-order chi connectivity index (χ1) is 12.3. The van der Waals surface area contributed by atoms with Crippen molar-refractivity contribution in [3.8, 4) is 0 Å². The molecule has 0 saturated heterocycles. The maximum Gasteiger partial charge on any atom is 0.231 e. The summed E-state index contributed by atoms with van der Waals surface area (Å²) in [5, 5.41) is 2.88. The van der Waals surface area contributed by atoms with Gasteiger partial charge in [-0.2, -0.15) is 0 Å². The standard InChI is InChI=1S/C20H24N4O/c25-20(12-17-14-24-11-5-4-8-19(24)22-17)23-18-10-9-16(13-21-18)15-6-2-1-3-7-15/h6,9-10,13-14H,1-5,7-8,11-12H2,(H,21,23,25). The molecule has 0 atom stereocenters. The molecule has 1 N–H and O–H groups in total. The van der Waals surface area contributed by atoms with Gasteiger partial charge in [0.15, 0.2) is 0 Å². The number of carbonyl (C=O) groups is 1. The number of imidazole rings is 1. The summed E-state index contributed by atoms with van der Waals surface area (Å²) in [6.07, 6.45) is 14.7. The van der Waals surface area contributed by atoms with Gasteiger partial charge in [-0.25, -0.2) is 9.97 Å². The van der Waals surface area contributed by atoms with Crippen molar-refractivity contribution in [3.05, 3.63) is 47.7 Å². The Morgan fingerprint density at radius 2 is 2.08 bits per heavy atom. The molecule has 2 aromatic heterocycles. The molecule has 3 heterocycles. The van der Waals surface area contributed by atoms with Gasteiger partial charge in [0.05, 0.1) is 12.1 Å². The van der Waals surface area contributed by atoms with Crippen LogP contribution >= 0.6 is 0 Å². The third kappa shape index (κ3) is 3.81. The number of anilines is 1. The van der Waals surface area contributed by atoms with E-state index in [1.807, 2.05) is 18.5 Å². The second kappa shape index (κ2) is 7.21. The normalized spacial score (nSPS) is 16.9. The minimum absolute atomic E-state index is 0.0624. The number of nitrogens with one attached hydrogen (secondary N) is 1. The van der Waals surface area contributed by atoms with Crippen LogP contribution in [0, 0.1) is 0 Å². The summed E-state index contributed by atoms with van der Waals surface area (Å²) in [7, 11) is 0. The molecule has 1 aliphatic carbocycles. The monoisotopic (exact) mass is 336 g/mol. The lowest BCUT2D eigenvalue weighted by Gasteiger charge is -2.12. The van der Waals surface area contributed by atoms with Gasteiger partial charge in [-0.3, -0.25) is 4.79 Å². The van der Waals surface area contributed by atoms with Gasteiger partial charge in [0, 0.05) is 25.4 Å². The molecule has 4 rings (SSSR count).